The highest BCUT2D eigenvalue weighted by atomic mass is 32.2. The van der Waals surface area contributed by atoms with Gasteiger partial charge in [-0.3, -0.25) is 0 Å². The molecule has 1 N–H and O–H groups in total. The van der Waals surface area contributed by atoms with Crippen molar-refractivity contribution < 1.29 is 13.5 Å². The number of hydrogen-bond donors (Lipinski definition) is 1. The van der Waals surface area contributed by atoms with Gasteiger partial charge in [-0.1, -0.05) is 6.92 Å². The molecule has 1 atom stereocenters. The zero-order valence-corrected chi connectivity index (χ0v) is 7.19. The molecule has 0 bridgehead atoms. The Morgan fingerprint density at radius 2 is 2.00 bits per heavy atom. The van der Waals surface area contributed by atoms with E-state index < -0.39 is 15.1 Å². The Hall–Kier alpha value is -0.0900. The number of sulfone groups is 1. The Kier molecular flexibility index (Phi) is 3.89. The second kappa shape index (κ2) is 3.93. The normalized spacial score (nSPS) is 15.1. The van der Waals surface area contributed by atoms with Crippen LogP contribution in [0.2, 0.25) is 0 Å². The fourth-order valence-electron chi connectivity index (χ4n) is 0.599. The molecule has 0 aromatic rings. The summed E-state index contributed by atoms with van der Waals surface area (Å²) in [6, 6.07) is 0. The molecule has 0 aliphatic rings. The van der Waals surface area contributed by atoms with Gasteiger partial charge in [-0.05, 0) is 13.3 Å². The van der Waals surface area contributed by atoms with Gasteiger partial charge in [0, 0.05) is 0 Å². The van der Waals surface area contributed by atoms with Crippen LogP contribution in [0, 0.1) is 0 Å². The van der Waals surface area contributed by atoms with Crippen LogP contribution < -0.4 is 0 Å². The molecule has 0 fully saturated rings. The van der Waals surface area contributed by atoms with Crippen LogP contribution in [0.3, 0.4) is 0 Å². The fourth-order valence-corrected chi connectivity index (χ4v) is 1.80. The number of aliphatic hydroxyl groups excluding tert-OH is 1. The lowest BCUT2D eigenvalue weighted by Gasteiger charge is -2.07. The minimum absolute atomic E-state index is 0.175. The molecular weight excluding hydrogens is 152 g/mol. The molecule has 62 valence electrons. The van der Waals surface area contributed by atoms with Gasteiger partial charge in [0.05, 0.1) is 17.6 Å². The molecule has 3 nitrogen and oxygen atoms in total. The zero-order valence-electron chi connectivity index (χ0n) is 6.37. The molecule has 4 heteroatoms. The third kappa shape index (κ3) is 2.66. The summed E-state index contributed by atoms with van der Waals surface area (Å²) >= 11 is 0. The van der Waals surface area contributed by atoms with Gasteiger partial charge < -0.3 is 5.11 Å². The van der Waals surface area contributed by atoms with Gasteiger partial charge in [-0.25, -0.2) is 8.42 Å². The van der Waals surface area contributed by atoms with Crippen molar-refractivity contribution in [3.63, 3.8) is 0 Å². The fraction of sp³-hybridized carbons (Fsp3) is 1.00. The van der Waals surface area contributed by atoms with E-state index in [1.807, 2.05) is 6.92 Å². The molecule has 0 spiro atoms. The maximum absolute atomic E-state index is 11.0. The number of hydrogen-bond acceptors (Lipinski definition) is 3. The van der Waals surface area contributed by atoms with Crippen molar-refractivity contribution in [2.24, 2.45) is 0 Å². The summed E-state index contributed by atoms with van der Waals surface area (Å²) in [7, 11) is -3.01. The number of aliphatic hydroxyl groups is 1. The van der Waals surface area contributed by atoms with E-state index in [-0.39, 0.29) is 12.4 Å². The van der Waals surface area contributed by atoms with E-state index in [0.29, 0.717) is 6.42 Å². The summed E-state index contributed by atoms with van der Waals surface area (Å²) in [5.41, 5.74) is 0. The van der Waals surface area contributed by atoms with Gasteiger partial charge in [0.2, 0.25) is 0 Å². The minimum Gasteiger partial charge on any atom is -0.395 e. The Morgan fingerprint density at radius 3 is 2.30 bits per heavy atom. The van der Waals surface area contributed by atoms with E-state index in [1.165, 1.54) is 6.92 Å². The molecular formula is C6H14O3S. The summed E-state index contributed by atoms with van der Waals surface area (Å²) in [6.07, 6.45) is 0.618. The van der Waals surface area contributed by atoms with E-state index in [4.69, 9.17) is 5.11 Å². The van der Waals surface area contributed by atoms with E-state index >= 15 is 0 Å². The molecule has 0 saturated carbocycles. The van der Waals surface area contributed by atoms with Gasteiger partial charge in [0.15, 0.2) is 9.84 Å². The van der Waals surface area contributed by atoms with Gasteiger partial charge in [-0.2, -0.15) is 0 Å². The van der Waals surface area contributed by atoms with Crippen molar-refractivity contribution in [3.8, 4) is 0 Å². The minimum atomic E-state index is -3.01. The first-order valence-electron chi connectivity index (χ1n) is 3.37. The third-order valence-electron chi connectivity index (χ3n) is 1.36. The van der Waals surface area contributed by atoms with Crippen LogP contribution in [-0.2, 0) is 9.84 Å². The molecule has 0 aliphatic heterocycles. The van der Waals surface area contributed by atoms with Crippen molar-refractivity contribution >= 4 is 9.84 Å². The average Bonchev–Trinajstić information content (AvgIpc) is 1.86. The lowest BCUT2D eigenvalue weighted by atomic mass is 10.5. The van der Waals surface area contributed by atoms with Crippen molar-refractivity contribution in [2.45, 2.75) is 25.5 Å². The van der Waals surface area contributed by atoms with Crippen molar-refractivity contribution in [2.75, 3.05) is 12.4 Å². The van der Waals surface area contributed by atoms with Crippen LogP contribution in [0.1, 0.15) is 20.3 Å². The highest BCUT2D eigenvalue weighted by Gasteiger charge is 2.17. The maximum Gasteiger partial charge on any atom is 0.155 e. The molecule has 10 heavy (non-hydrogen) atoms. The van der Waals surface area contributed by atoms with Gasteiger partial charge >= 0.3 is 0 Å². The quantitative estimate of drug-likeness (QED) is 0.648. The first-order chi connectivity index (χ1) is 4.54. The van der Waals surface area contributed by atoms with Crippen LogP contribution in [0.4, 0.5) is 0 Å². The largest absolute Gasteiger partial charge is 0.395 e. The van der Waals surface area contributed by atoms with Crippen LogP contribution in [0.15, 0.2) is 0 Å². The maximum atomic E-state index is 11.0. The second-order valence-corrected chi connectivity index (χ2v) is 4.90. The predicted octanol–water partition coefficient (Wildman–Crippen LogP) is 0.192. The van der Waals surface area contributed by atoms with Gasteiger partial charge in [0.25, 0.3) is 0 Å². The summed E-state index contributed by atoms with van der Waals surface area (Å²) in [5, 5.41) is 7.91. The molecule has 0 rings (SSSR count). The summed E-state index contributed by atoms with van der Waals surface area (Å²) < 4.78 is 22.0. The molecule has 1 unspecified atom stereocenters. The summed E-state index contributed by atoms with van der Waals surface area (Å²) in [5.74, 6) is 0.175. The predicted molar refractivity (Wildman–Crippen MR) is 40.6 cm³/mol. The van der Waals surface area contributed by atoms with Crippen molar-refractivity contribution in [3.05, 3.63) is 0 Å². The molecule has 0 heterocycles. The first kappa shape index (κ1) is 9.91. The Labute approximate surface area is 62.0 Å². The van der Waals surface area contributed by atoms with Crippen LogP contribution in [-0.4, -0.2) is 31.1 Å². The van der Waals surface area contributed by atoms with Crippen LogP contribution in [0.5, 0.6) is 0 Å². The standard InChI is InChI=1S/C6H14O3S/c1-3-4-10(8,9)6(2)5-7/h6-7H,3-5H2,1-2H3. The third-order valence-corrected chi connectivity index (χ3v) is 3.71. The molecule has 0 aliphatic carbocycles. The van der Waals surface area contributed by atoms with Crippen molar-refractivity contribution in [1.29, 1.82) is 0 Å². The Bertz CT molecular complexity index is 171. The first-order valence-corrected chi connectivity index (χ1v) is 5.08. The molecule has 0 amide bonds. The highest BCUT2D eigenvalue weighted by molar-refractivity contribution is 7.92. The lowest BCUT2D eigenvalue weighted by molar-refractivity contribution is 0.295. The van der Waals surface area contributed by atoms with E-state index in [1.54, 1.807) is 0 Å². The second-order valence-electron chi connectivity index (χ2n) is 2.36. The summed E-state index contributed by atoms with van der Waals surface area (Å²) in [6.45, 7) is 3.05. The smallest absolute Gasteiger partial charge is 0.155 e. The Morgan fingerprint density at radius 1 is 1.50 bits per heavy atom. The SMILES string of the molecule is CCCS(=O)(=O)C(C)CO. The van der Waals surface area contributed by atoms with E-state index in [9.17, 15) is 8.42 Å². The Balaban J connectivity index is 4.12. The topological polar surface area (TPSA) is 54.4 Å². The van der Waals surface area contributed by atoms with Crippen LogP contribution >= 0.6 is 0 Å². The molecule has 0 aromatic carbocycles. The zero-order chi connectivity index (χ0) is 8.20. The highest BCUT2D eigenvalue weighted by Crippen LogP contribution is 2.01. The number of rotatable bonds is 4. The van der Waals surface area contributed by atoms with Crippen molar-refractivity contribution in [1.82, 2.24) is 0 Å². The van der Waals surface area contributed by atoms with Gasteiger partial charge in [0.1, 0.15) is 0 Å². The average molecular weight is 166 g/mol. The van der Waals surface area contributed by atoms with Gasteiger partial charge in [-0.15, -0.1) is 0 Å². The lowest BCUT2D eigenvalue weighted by Crippen LogP contribution is -2.23. The van der Waals surface area contributed by atoms with E-state index in [2.05, 4.69) is 0 Å². The monoisotopic (exact) mass is 166 g/mol. The molecule has 0 saturated heterocycles. The van der Waals surface area contributed by atoms with E-state index in [0.717, 1.165) is 0 Å². The molecule has 0 radical (unpaired) electrons. The molecule has 0 aromatic heterocycles. The van der Waals surface area contributed by atoms with Crippen LogP contribution in [0.25, 0.3) is 0 Å². The summed E-state index contributed by atoms with van der Waals surface area (Å²) in [4.78, 5) is 0.